The monoisotopic (exact) mass is 337 g/mol. The summed E-state index contributed by atoms with van der Waals surface area (Å²) in [5, 5.41) is 9.09. The van der Waals surface area contributed by atoms with E-state index < -0.39 is 0 Å². The number of fused-ring (bicyclic) bond motifs is 1. The molecule has 0 unspecified atom stereocenters. The minimum absolute atomic E-state index is 0.0702. The average molecular weight is 337 g/mol. The number of anilines is 1. The Balaban J connectivity index is 1.77. The quantitative estimate of drug-likeness (QED) is 0.849. The molecule has 0 spiro atoms. The smallest absolute Gasteiger partial charge is 0.420 e. The molecular weight excluding hydrogens is 316 g/mol. The molecule has 0 atom stereocenters. The minimum atomic E-state index is -0.347. The highest BCUT2D eigenvalue weighted by molar-refractivity contribution is 7.10. The maximum atomic E-state index is 6.32. The second kappa shape index (κ2) is 5.51. The summed E-state index contributed by atoms with van der Waals surface area (Å²) in [4.78, 5) is 0. The minimum Gasteiger partial charge on any atom is -0.420 e. The van der Waals surface area contributed by atoms with Crippen LogP contribution in [0.4, 0.5) is 5.69 Å². The molecule has 6 heteroatoms. The van der Waals surface area contributed by atoms with Gasteiger partial charge >= 0.3 is 14.0 Å². The van der Waals surface area contributed by atoms with Gasteiger partial charge in [-0.3, -0.25) is 0 Å². The predicted molar refractivity (Wildman–Crippen MR) is 104 cm³/mol. The van der Waals surface area contributed by atoms with Crippen LogP contribution >= 0.6 is 11.3 Å². The van der Waals surface area contributed by atoms with Gasteiger partial charge in [0.15, 0.2) is 0 Å². The van der Waals surface area contributed by atoms with Crippen molar-refractivity contribution in [1.29, 1.82) is 0 Å². The first-order valence-corrected chi connectivity index (χ1v) is 9.26. The third-order valence-electron chi connectivity index (χ3n) is 5.32. The summed E-state index contributed by atoms with van der Waals surface area (Å²) in [6.45, 7) is 8.45. The highest BCUT2D eigenvalue weighted by atomic mass is 32.1. The van der Waals surface area contributed by atoms with Gasteiger partial charge in [-0.15, -0.1) is 0 Å². The van der Waals surface area contributed by atoms with Gasteiger partial charge in [0.05, 0.1) is 11.2 Å². The molecule has 2 aromatic rings. The molecule has 0 radical (unpaired) electrons. The van der Waals surface area contributed by atoms with E-state index in [4.69, 9.17) is 9.31 Å². The van der Waals surface area contributed by atoms with Crippen LogP contribution in [0.5, 0.6) is 0 Å². The standard InChI is InChI=1S/C18H21B2NO2S/c1-17(2)18(3,4)23-20(22-17)16-11-13-7-5-6-8-15(13)21-19(16)14-9-10-24-12-14/h5-12,21H,1-4H3. The molecule has 122 valence electrons. The van der Waals surface area contributed by atoms with Gasteiger partial charge in [-0.05, 0) is 60.9 Å². The molecule has 1 N–H and O–H groups in total. The van der Waals surface area contributed by atoms with Gasteiger partial charge in [0.2, 0.25) is 0 Å². The maximum absolute atomic E-state index is 6.32. The Morgan fingerprint density at radius 3 is 2.38 bits per heavy atom. The fourth-order valence-electron chi connectivity index (χ4n) is 3.15. The number of benzene rings is 1. The highest BCUT2D eigenvalue weighted by Gasteiger charge is 2.54. The van der Waals surface area contributed by atoms with E-state index in [0.29, 0.717) is 0 Å². The van der Waals surface area contributed by atoms with Crippen molar-refractivity contribution in [3.05, 3.63) is 52.0 Å². The lowest BCUT2D eigenvalue weighted by atomic mass is 9.39. The van der Waals surface area contributed by atoms with Crippen molar-refractivity contribution in [3.63, 3.8) is 0 Å². The Hall–Kier alpha value is -1.49. The number of hydrogen-bond acceptors (Lipinski definition) is 4. The number of para-hydroxylation sites is 1. The van der Waals surface area contributed by atoms with E-state index in [1.807, 2.05) is 0 Å². The Labute approximate surface area is 148 Å². The van der Waals surface area contributed by atoms with Gasteiger partial charge in [0.1, 0.15) is 0 Å². The number of rotatable bonds is 2. The lowest BCUT2D eigenvalue weighted by Crippen LogP contribution is -2.47. The van der Waals surface area contributed by atoms with Crippen LogP contribution in [0, 0.1) is 0 Å². The summed E-state index contributed by atoms with van der Waals surface area (Å²) in [5.41, 5.74) is 2.89. The van der Waals surface area contributed by atoms with Crippen molar-refractivity contribution >= 4 is 42.5 Å². The van der Waals surface area contributed by atoms with E-state index in [-0.39, 0.29) is 25.2 Å². The molecule has 1 saturated heterocycles. The Morgan fingerprint density at radius 2 is 1.71 bits per heavy atom. The van der Waals surface area contributed by atoms with Gasteiger partial charge in [-0.25, -0.2) is 0 Å². The van der Waals surface area contributed by atoms with Gasteiger partial charge in [0, 0.05) is 5.69 Å². The van der Waals surface area contributed by atoms with Crippen LogP contribution in [0.2, 0.25) is 0 Å². The van der Waals surface area contributed by atoms with E-state index in [0.717, 1.165) is 11.1 Å². The number of hydrogen-bond donors (Lipinski definition) is 1. The van der Waals surface area contributed by atoms with Gasteiger partial charge in [-0.1, -0.05) is 30.3 Å². The SMILES string of the molecule is CC1(C)OB(C2=Cc3ccccc3NB2c2ccsc2)OC1(C)C. The summed E-state index contributed by atoms with van der Waals surface area (Å²) in [5.74, 6) is 0. The average Bonchev–Trinajstić information content (AvgIpc) is 3.13. The van der Waals surface area contributed by atoms with E-state index >= 15 is 0 Å². The molecule has 24 heavy (non-hydrogen) atoms. The van der Waals surface area contributed by atoms with Gasteiger partial charge < -0.3 is 14.5 Å². The largest absolute Gasteiger partial charge is 0.483 e. The molecule has 2 aliphatic heterocycles. The summed E-state index contributed by atoms with van der Waals surface area (Å²) in [7, 11) is -0.347. The van der Waals surface area contributed by atoms with Gasteiger partial charge in [0.25, 0.3) is 0 Å². The predicted octanol–water partition coefficient (Wildman–Crippen LogP) is 3.63. The van der Waals surface area contributed by atoms with Crippen LogP contribution < -0.4 is 10.7 Å². The molecular formula is C18H21B2NO2S. The fourth-order valence-corrected chi connectivity index (χ4v) is 3.84. The molecule has 0 aliphatic carbocycles. The topological polar surface area (TPSA) is 30.5 Å². The van der Waals surface area contributed by atoms with E-state index in [1.165, 1.54) is 11.0 Å². The van der Waals surface area contributed by atoms with Crippen molar-refractivity contribution in [1.82, 2.24) is 0 Å². The zero-order chi connectivity index (χ0) is 16.9. The normalized spacial score (nSPS) is 21.2. The Morgan fingerprint density at radius 1 is 1.00 bits per heavy atom. The summed E-state index contributed by atoms with van der Waals surface area (Å²) in [6.07, 6.45) is 2.22. The fraction of sp³-hybridized carbons (Fsp3) is 0.333. The summed E-state index contributed by atoms with van der Waals surface area (Å²) >= 11 is 1.71. The third kappa shape index (κ3) is 2.53. The van der Waals surface area contributed by atoms with Crippen molar-refractivity contribution in [3.8, 4) is 0 Å². The Kier molecular flexibility index (Phi) is 3.68. The molecule has 0 amide bonds. The van der Waals surface area contributed by atoms with E-state index in [9.17, 15) is 0 Å². The second-order valence-electron chi connectivity index (χ2n) is 7.45. The van der Waals surface area contributed by atoms with Crippen molar-refractivity contribution in [2.75, 3.05) is 5.23 Å². The lowest BCUT2D eigenvalue weighted by molar-refractivity contribution is 0.00578. The molecule has 3 heterocycles. The van der Waals surface area contributed by atoms with Crippen molar-refractivity contribution in [2.24, 2.45) is 0 Å². The number of nitrogens with one attached hydrogen (secondary N) is 1. The first-order chi connectivity index (χ1) is 11.4. The van der Waals surface area contributed by atoms with Crippen molar-refractivity contribution in [2.45, 2.75) is 38.9 Å². The molecule has 1 aromatic carbocycles. The zero-order valence-electron chi connectivity index (χ0n) is 14.5. The Bertz CT molecular complexity index is 770. The van der Waals surface area contributed by atoms with Crippen LogP contribution in [0.3, 0.4) is 0 Å². The van der Waals surface area contributed by atoms with Crippen LogP contribution in [0.1, 0.15) is 33.3 Å². The van der Waals surface area contributed by atoms with Gasteiger partial charge in [-0.2, -0.15) is 11.3 Å². The molecule has 4 rings (SSSR count). The summed E-state index contributed by atoms with van der Waals surface area (Å²) < 4.78 is 12.6. The number of thiophene rings is 1. The van der Waals surface area contributed by atoms with E-state index in [2.05, 4.69) is 80.1 Å². The molecule has 3 nitrogen and oxygen atoms in total. The van der Waals surface area contributed by atoms with E-state index in [1.54, 1.807) is 11.3 Å². The molecule has 0 saturated carbocycles. The summed E-state index contributed by atoms with van der Waals surface area (Å²) in [6, 6.07) is 10.5. The molecule has 2 aliphatic rings. The zero-order valence-corrected chi connectivity index (χ0v) is 15.3. The first kappa shape index (κ1) is 16.0. The second-order valence-corrected chi connectivity index (χ2v) is 8.23. The molecule has 0 bridgehead atoms. The lowest BCUT2D eigenvalue weighted by Gasteiger charge is -2.32. The van der Waals surface area contributed by atoms with Crippen LogP contribution in [-0.4, -0.2) is 25.2 Å². The van der Waals surface area contributed by atoms with Crippen LogP contribution in [0.15, 0.2) is 46.5 Å². The molecule has 1 fully saturated rings. The highest BCUT2D eigenvalue weighted by Crippen LogP contribution is 2.40. The first-order valence-electron chi connectivity index (χ1n) is 8.32. The van der Waals surface area contributed by atoms with Crippen LogP contribution in [-0.2, 0) is 9.31 Å². The molecule has 1 aromatic heterocycles. The van der Waals surface area contributed by atoms with Crippen LogP contribution in [0.25, 0.3) is 6.08 Å². The third-order valence-corrected chi connectivity index (χ3v) is 6.02. The van der Waals surface area contributed by atoms with Crippen molar-refractivity contribution < 1.29 is 9.31 Å². The maximum Gasteiger partial charge on any atom is 0.483 e.